The number of hydrogen-bond donors (Lipinski definition) is 3. The minimum Gasteiger partial charge on any atom is -0.334 e. The Bertz CT molecular complexity index is 1010. The lowest BCUT2D eigenvalue weighted by atomic mass is 9.84. The van der Waals surface area contributed by atoms with Crippen LogP contribution in [0.15, 0.2) is 54.6 Å². The number of carbonyl (C=O) groups excluding carboxylic acids is 4. The summed E-state index contributed by atoms with van der Waals surface area (Å²) in [4.78, 5) is 51.0. The molecule has 0 unspecified atom stereocenters. The topological polar surface area (TPSA) is 108 Å². The lowest BCUT2D eigenvalue weighted by Gasteiger charge is -2.27. The van der Waals surface area contributed by atoms with Crippen LogP contribution in [-0.2, 0) is 21.7 Å². The van der Waals surface area contributed by atoms with Crippen molar-refractivity contribution in [1.82, 2.24) is 20.9 Å². The Hall–Kier alpha value is -3.75. The molecule has 1 saturated heterocycles. The Labute approximate surface area is 191 Å². The summed E-state index contributed by atoms with van der Waals surface area (Å²) in [7, 11) is 0. The van der Waals surface area contributed by atoms with E-state index in [0.717, 1.165) is 16.9 Å². The van der Waals surface area contributed by atoms with Crippen LogP contribution >= 0.6 is 0 Å². The second-order valence-corrected chi connectivity index (χ2v) is 7.87. The smallest absolute Gasteiger partial charge is 0.325 e. The molecule has 33 heavy (non-hydrogen) atoms. The molecule has 0 saturated carbocycles. The van der Waals surface area contributed by atoms with Crippen molar-refractivity contribution in [3.8, 4) is 0 Å². The zero-order valence-electron chi connectivity index (χ0n) is 18.4. The Morgan fingerprint density at radius 3 is 2.42 bits per heavy atom. The summed E-state index contributed by atoms with van der Waals surface area (Å²) in [6.07, 6.45) is 1.58. The van der Waals surface area contributed by atoms with Crippen LogP contribution in [0.1, 0.15) is 43.7 Å². The molecule has 0 spiro atoms. The Morgan fingerprint density at radius 2 is 1.76 bits per heavy atom. The summed E-state index contributed by atoms with van der Waals surface area (Å²) in [5.41, 5.74) is 0.0659. The van der Waals surface area contributed by atoms with Gasteiger partial charge in [-0.2, -0.15) is 0 Å². The first-order valence-electron chi connectivity index (χ1n) is 10.9. The Kier molecular flexibility index (Phi) is 7.76. The van der Waals surface area contributed by atoms with Crippen molar-refractivity contribution in [2.45, 2.75) is 44.7 Å². The first-order chi connectivity index (χ1) is 15.9. The predicted octanol–water partition coefficient (Wildman–Crippen LogP) is 3.18. The number of imide groups is 2. The van der Waals surface area contributed by atoms with Crippen molar-refractivity contribution >= 4 is 23.9 Å². The SMILES string of the molecule is CCCC[C@]1(c2ccc(F)cc2)NC(=O)N(CCC(=O)NC(=O)NCc2ccccc2)C1=O. The summed E-state index contributed by atoms with van der Waals surface area (Å²) >= 11 is 0. The highest BCUT2D eigenvalue weighted by atomic mass is 19.1. The summed E-state index contributed by atoms with van der Waals surface area (Å²) < 4.78 is 13.4. The number of amides is 6. The van der Waals surface area contributed by atoms with E-state index in [1.807, 2.05) is 37.3 Å². The van der Waals surface area contributed by atoms with E-state index in [1.165, 1.54) is 24.3 Å². The van der Waals surface area contributed by atoms with Crippen molar-refractivity contribution in [3.05, 3.63) is 71.5 Å². The van der Waals surface area contributed by atoms with Gasteiger partial charge in [-0.05, 0) is 29.7 Å². The molecule has 1 heterocycles. The maximum atomic E-state index is 13.4. The predicted molar refractivity (Wildman–Crippen MR) is 119 cm³/mol. The number of carbonyl (C=O) groups is 4. The summed E-state index contributed by atoms with van der Waals surface area (Å²) in [6, 6.07) is 13.4. The van der Waals surface area contributed by atoms with Gasteiger partial charge in [0.1, 0.15) is 11.4 Å². The minimum absolute atomic E-state index is 0.183. The van der Waals surface area contributed by atoms with Gasteiger partial charge in [0.2, 0.25) is 5.91 Å². The second kappa shape index (κ2) is 10.7. The van der Waals surface area contributed by atoms with E-state index in [4.69, 9.17) is 0 Å². The van der Waals surface area contributed by atoms with Crippen LogP contribution in [0.2, 0.25) is 0 Å². The number of urea groups is 2. The van der Waals surface area contributed by atoms with Crippen molar-refractivity contribution in [3.63, 3.8) is 0 Å². The van der Waals surface area contributed by atoms with Crippen molar-refractivity contribution in [1.29, 1.82) is 0 Å². The van der Waals surface area contributed by atoms with Gasteiger partial charge in [-0.15, -0.1) is 0 Å². The van der Waals surface area contributed by atoms with Gasteiger partial charge in [-0.25, -0.2) is 14.0 Å². The number of nitrogens with one attached hydrogen (secondary N) is 3. The zero-order chi connectivity index (χ0) is 23.8. The van der Waals surface area contributed by atoms with E-state index in [-0.39, 0.29) is 19.5 Å². The Morgan fingerprint density at radius 1 is 1.06 bits per heavy atom. The number of benzene rings is 2. The molecule has 0 radical (unpaired) electrons. The van der Waals surface area contributed by atoms with Gasteiger partial charge < -0.3 is 10.6 Å². The van der Waals surface area contributed by atoms with Gasteiger partial charge in [0.05, 0.1) is 0 Å². The first-order valence-corrected chi connectivity index (χ1v) is 10.9. The van der Waals surface area contributed by atoms with Crippen LogP contribution < -0.4 is 16.0 Å². The van der Waals surface area contributed by atoms with Crippen LogP contribution in [0.3, 0.4) is 0 Å². The van der Waals surface area contributed by atoms with Crippen LogP contribution in [0.5, 0.6) is 0 Å². The molecule has 2 aromatic rings. The quantitative estimate of drug-likeness (QED) is 0.506. The molecule has 0 aliphatic carbocycles. The third-order valence-electron chi connectivity index (χ3n) is 5.53. The molecule has 6 amide bonds. The number of hydrogen-bond acceptors (Lipinski definition) is 4. The minimum atomic E-state index is -1.30. The fourth-order valence-corrected chi connectivity index (χ4v) is 3.74. The van der Waals surface area contributed by atoms with E-state index in [2.05, 4.69) is 16.0 Å². The molecule has 0 aromatic heterocycles. The van der Waals surface area contributed by atoms with E-state index in [9.17, 15) is 23.6 Å². The summed E-state index contributed by atoms with van der Waals surface area (Å²) in [5, 5.41) is 7.52. The zero-order valence-corrected chi connectivity index (χ0v) is 18.4. The number of halogens is 1. The highest BCUT2D eigenvalue weighted by Crippen LogP contribution is 2.34. The molecular formula is C24H27FN4O4. The van der Waals surface area contributed by atoms with Gasteiger partial charge in [0.15, 0.2) is 0 Å². The molecule has 0 bridgehead atoms. The molecular weight excluding hydrogens is 427 g/mol. The Balaban J connectivity index is 1.59. The third kappa shape index (κ3) is 5.74. The highest BCUT2D eigenvalue weighted by Gasteiger charge is 2.51. The molecule has 1 fully saturated rings. The molecule has 8 nitrogen and oxygen atoms in total. The largest absolute Gasteiger partial charge is 0.334 e. The van der Waals surface area contributed by atoms with E-state index in [0.29, 0.717) is 18.4 Å². The van der Waals surface area contributed by atoms with Crippen LogP contribution in [0.25, 0.3) is 0 Å². The van der Waals surface area contributed by atoms with Gasteiger partial charge >= 0.3 is 12.1 Å². The molecule has 1 atom stereocenters. The van der Waals surface area contributed by atoms with Gasteiger partial charge in [-0.1, -0.05) is 62.2 Å². The normalized spacial score (nSPS) is 17.6. The number of rotatable bonds is 9. The summed E-state index contributed by atoms with van der Waals surface area (Å²) in [6.45, 7) is 2.03. The fraction of sp³-hybridized carbons (Fsp3) is 0.333. The van der Waals surface area contributed by atoms with Gasteiger partial charge in [0, 0.05) is 19.5 Å². The lowest BCUT2D eigenvalue weighted by Crippen LogP contribution is -2.44. The molecule has 3 N–H and O–H groups in total. The standard InChI is InChI=1S/C24H27FN4O4/c1-2-3-14-24(18-9-11-19(25)12-10-18)21(31)29(23(33)28-24)15-13-20(30)27-22(32)26-16-17-7-5-4-6-8-17/h4-12H,2-3,13-16H2,1H3,(H,28,33)(H2,26,27,30,32)/t24-/m1/s1. The maximum Gasteiger partial charge on any atom is 0.325 e. The van der Waals surface area contributed by atoms with Gasteiger partial charge in [0.25, 0.3) is 5.91 Å². The second-order valence-electron chi connectivity index (χ2n) is 7.87. The maximum absolute atomic E-state index is 13.4. The van der Waals surface area contributed by atoms with Crippen molar-refractivity contribution in [2.75, 3.05) is 6.54 Å². The monoisotopic (exact) mass is 454 g/mol. The van der Waals surface area contributed by atoms with Crippen LogP contribution in [0, 0.1) is 5.82 Å². The average molecular weight is 455 g/mol. The van der Waals surface area contributed by atoms with Crippen molar-refractivity contribution < 1.29 is 23.6 Å². The lowest BCUT2D eigenvalue weighted by molar-refractivity contribution is -0.132. The highest BCUT2D eigenvalue weighted by molar-refractivity contribution is 6.07. The molecule has 1 aliphatic rings. The van der Waals surface area contributed by atoms with E-state index in [1.54, 1.807) is 0 Å². The number of nitrogens with zero attached hydrogens (tertiary/aromatic N) is 1. The van der Waals surface area contributed by atoms with E-state index >= 15 is 0 Å². The molecule has 9 heteroatoms. The van der Waals surface area contributed by atoms with Crippen LogP contribution in [-0.4, -0.2) is 35.3 Å². The summed E-state index contributed by atoms with van der Waals surface area (Å²) in [5.74, 6) is -1.55. The molecule has 174 valence electrons. The van der Waals surface area contributed by atoms with Crippen molar-refractivity contribution in [2.24, 2.45) is 0 Å². The van der Waals surface area contributed by atoms with Gasteiger partial charge in [-0.3, -0.25) is 19.8 Å². The molecule has 2 aromatic carbocycles. The first kappa shape index (κ1) is 23.9. The van der Waals surface area contributed by atoms with Crippen LogP contribution in [0.4, 0.5) is 14.0 Å². The third-order valence-corrected chi connectivity index (χ3v) is 5.53. The molecule has 1 aliphatic heterocycles. The van der Waals surface area contributed by atoms with E-state index < -0.39 is 35.2 Å². The average Bonchev–Trinajstić information content (AvgIpc) is 3.05. The fourth-order valence-electron chi connectivity index (χ4n) is 3.74. The molecule has 3 rings (SSSR count). The number of unbranched alkanes of at least 4 members (excludes halogenated alkanes) is 1.